The van der Waals surface area contributed by atoms with Crippen molar-refractivity contribution in [1.82, 2.24) is 4.98 Å². The van der Waals surface area contributed by atoms with Gasteiger partial charge in [-0.1, -0.05) is 12.1 Å². The molecule has 0 aliphatic carbocycles. The van der Waals surface area contributed by atoms with Crippen LogP contribution in [0.4, 0.5) is 16.1 Å². The molecule has 0 saturated carbocycles. The molecule has 0 saturated heterocycles. The molecule has 1 aromatic carbocycles. The number of aryl methyl sites for hydroxylation is 1. The van der Waals surface area contributed by atoms with Gasteiger partial charge in [-0.2, -0.15) is 4.98 Å². The van der Waals surface area contributed by atoms with Gasteiger partial charge >= 0.3 is 5.97 Å². The molecule has 19 heavy (non-hydrogen) atoms. The topological polar surface area (TPSA) is 64.4 Å². The molecular weight excluding hydrogens is 251 g/mol. The van der Waals surface area contributed by atoms with Crippen LogP contribution in [0, 0.1) is 12.7 Å². The van der Waals surface area contributed by atoms with E-state index in [0.717, 1.165) is 6.26 Å². The Bertz CT molecular complexity index is 575. The van der Waals surface area contributed by atoms with E-state index < -0.39 is 11.8 Å². The summed E-state index contributed by atoms with van der Waals surface area (Å²) in [6.07, 6.45) is 1.16. The number of nitrogens with zero attached hydrogens (tertiary/aromatic N) is 1. The van der Waals surface area contributed by atoms with Crippen molar-refractivity contribution in [3.05, 3.63) is 41.5 Å². The van der Waals surface area contributed by atoms with Gasteiger partial charge in [-0.25, -0.2) is 9.18 Å². The second kappa shape index (κ2) is 5.51. The first-order chi connectivity index (χ1) is 9.11. The minimum Gasteiger partial charge on any atom is -0.461 e. The van der Waals surface area contributed by atoms with Gasteiger partial charge in [0.05, 0.1) is 12.3 Å². The molecule has 2 aromatic rings. The molecular formula is C13H13FN2O3. The van der Waals surface area contributed by atoms with Crippen LogP contribution in [0.2, 0.25) is 0 Å². The van der Waals surface area contributed by atoms with Crippen molar-refractivity contribution in [3.63, 3.8) is 0 Å². The van der Waals surface area contributed by atoms with Crippen LogP contribution >= 0.6 is 0 Å². The third-order valence-electron chi connectivity index (χ3n) is 2.44. The standard InChI is InChI=1S/C13H13FN2O3/c1-3-18-12(17)10-7-19-13(15-10)16-11-8(2)5-4-6-9(11)14/h4-7H,3H2,1-2H3,(H,15,16). The van der Waals surface area contributed by atoms with Gasteiger partial charge in [0, 0.05) is 0 Å². The Balaban J connectivity index is 2.18. The lowest BCUT2D eigenvalue weighted by atomic mass is 10.2. The van der Waals surface area contributed by atoms with Crippen LogP contribution in [-0.4, -0.2) is 17.6 Å². The maximum atomic E-state index is 13.6. The van der Waals surface area contributed by atoms with Crippen LogP contribution in [0.3, 0.4) is 0 Å². The van der Waals surface area contributed by atoms with Crippen molar-refractivity contribution >= 4 is 17.7 Å². The summed E-state index contributed by atoms with van der Waals surface area (Å²) in [5.41, 5.74) is 1.01. The van der Waals surface area contributed by atoms with E-state index in [-0.39, 0.29) is 24.0 Å². The monoisotopic (exact) mass is 264 g/mol. The minimum absolute atomic E-state index is 0.0382. The number of carbonyl (C=O) groups is 1. The summed E-state index contributed by atoms with van der Waals surface area (Å²) in [6, 6.07) is 4.72. The number of ether oxygens (including phenoxy) is 1. The largest absolute Gasteiger partial charge is 0.461 e. The van der Waals surface area contributed by atoms with Crippen molar-refractivity contribution in [3.8, 4) is 0 Å². The van der Waals surface area contributed by atoms with Crippen molar-refractivity contribution in [2.24, 2.45) is 0 Å². The third kappa shape index (κ3) is 2.90. The highest BCUT2D eigenvalue weighted by Crippen LogP contribution is 2.23. The summed E-state index contributed by atoms with van der Waals surface area (Å²) in [6.45, 7) is 3.70. The van der Waals surface area contributed by atoms with Crippen LogP contribution in [0.1, 0.15) is 23.0 Å². The molecule has 2 rings (SSSR count). The molecule has 5 nitrogen and oxygen atoms in total. The van der Waals surface area contributed by atoms with Gasteiger partial charge in [0.25, 0.3) is 6.01 Å². The zero-order chi connectivity index (χ0) is 13.8. The molecule has 0 radical (unpaired) electrons. The SMILES string of the molecule is CCOC(=O)c1coc(Nc2c(C)cccc2F)n1. The van der Waals surface area contributed by atoms with Gasteiger partial charge < -0.3 is 14.5 Å². The lowest BCUT2D eigenvalue weighted by molar-refractivity contribution is 0.0519. The summed E-state index contributed by atoms with van der Waals surface area (Å²) in [4.78, 5) is 15.3. The first-order valence-corrected chi connectivity index (χ1v) is 5.76. The number of hydrogen-bond acceptors (Lipinski definition) is 5. The molecule has 100 valence electrons. The fraction of sp³-hybridized carbons (Fsp3) is 0.231. The smallest absolute Gasteiger partial charge is 0.360 e. The van der Waals surface area contributed by atoms with E-state index in [1.807, 2.05) is 0 Å². The van der Waals surface area contributed by atoms with Gasteiger partial charge in [0.15, 0.2) is 5.69 Å². The molecule has 0 fully saturated rings. The average Bonchev–Trinajstić information content (AvgIpc) is 2.83. The van der Waals surface area contributed by atoms with Crippen molar-refractivity contribution in [2.45, 2.75) is 13.8 Å². The fourth-order valence-electron chi connectivity index (χ4n) is 1.53. The van der Waals surface area contributed by atoms with Crippen molar-refractivity contribution in [1.29, 1.82) is 0 Å². The maximum Gasteiger partial charge on any atom is 0.360 e. The number of para-hydroxylation sites is 1. The second-order valence-corrected chi connectivity index (χ2v) is 3.82. The summed E-state index contributed by atoms with van der Waals surface area (Å²) in [7, 11) is 0. The van der Waals surface area contributed by atoms with Crippen LogP contribution < -0.4 is 5.32 Å². The maximum absolute atomic E-state index is 13.6. The van der Waals surface area contributed by atoms with Crippen molar-refractivity contribution < 1.29 is 18.3 Å². The highest BCUT2D eigenvalue weighted by atomic mass is 19.1. The molecule has 6 heteroatoms. The fourth-order valence-corrected chi connectivity index (χ4v) is 1.53. The first kappa shape index (κ1) is 13.1. The first-order valence-electron chi connectivity index (χ1n) is 5.76. The quantitative estimate of drug-likeness (QED) is 0.860. The number of halogens is 1. The number of esters is 1. The summed E-state index contributed by atoms with van der Waals surface area (Å²) in [5, 5.41) is 2.70. The molecule has 0 amide bonds. The molecule has 0 bridgehead atoms. The number of benzene rings is 1. The Morgan fingerprint density at radius 2 is 2.32 bits per heavy atom. The van der Waals surface area contributed by atoms with E-state index in [9.17, 15) is 9.18 Å². The number of nitrogens with one attached hydrogen (secondary N) is 1. The summed E-state index contributed by atoms with van der Waals surface area (Å²) < 4.78 is 23.4. The van der Waals surface area contributed by atoms with E-state index in [4.69, 9.17) is 9.15 Å². The summed E-state index contributed by atoms with van der Waals surface area (Å²) >= 11 is 0. The zero-order valence-electron chi connectivity index (χ0n) is 10.6. The van der Waals surface area contributed by atoms with Crippen LogP contribution in [0.25, 0.3) is 0 Å². The van der Waals surface area contributed by atoms with Gasteiger partial charge in [-0.05, 0) is 25.5 Å². The van der Waals surface area contributed by atoms with Gasteiger partial charge in [-0.15, -0.1) is 0 Å². The van der Waals surface area contributed by atoms with E-state index in [1.54, 1.807) is 26.0 Å². The average molecular weight is 264 g/mol. The number of anilines is 2. The number of hydrogen-bond donors (Lipinski definition) is 1. The molecule has 1 N–H and O–H groups in total. The number of aromatic nitrogens is 1. The zero-order valence-corrected chi connectivity index (χ0v) is 10.6. The Hall–Kier alpha value is -2.37. The molecule has 0 atom stereocenters. The molecule has 1 heterocycles. The molecule has 0 aliphatic heterocycles. The predicted molar refractivity (Wildman–Crippen MR) is 66.9 cm³/mol. The normalized spacial score (nSPS) is 10.3. The van der Waals surface area contributed by atoms with E-state index >= 15 is 0 Å². The van der Waals surface area contributed by atoms with Crippen molar-refractivity contribution in [2.75, 3.05) is 11.9 Å². The molecule has 1 aromatic heterocycles. The molecule has 0 unspecified atom stereocenters. The Morgan fingerprint density at radius 1 is 1.53 bits per heavy atom. The highest BCUT2D eigenvalue weighted by molar-refractivity contribution is 5.87. The number of rotatable bonds is 4. The number of oxazole rings is 1. The molecule has 0 spiro atoms. The highest BCUT2D eigenvalue weighted by Gasteiger charge is 2.14. The van der Waals surface area contributed by atoms with Crippen LogP contribution in [-0.2, 0) is 4.74 Å². The van der Waals surface area contributed by atoms with Crippen LogP contribution in [0.5, 0.6) is 0 Å². The van der Waals surface area contributed by atoms with E-state index in [1.165, 1.54) is 6.07 Å². The Labute approximate surface area is 109 Å². The summed E-state index contributed by atoms with van der Waals surface area (Å²) in [5.74, 6) is -1.000. The Morgan fingerprint density at radius 3 is 3.00 bits per heavy atom. The van der Waals surface area contributed by atoms with Gasteiger partial charge in [0.1, 0.15) is 12.1 Å². The lowest BCUT2D eigenvalue weighted by Gasteiger charge is -2.06. The number of carbonyl (C=O) groups excluding carboxylic acids is 1. The van der Waals surface area contributed by atoms with Crippen LogP contribution in [0.15, 0.2) is 28.9 Å². The minimum atomic E-state index is -0.579. The van der Waals surface area contributed by atoms with E-state index in [0.29, 0.717) is 5.56 Å². The molecule has 0 aliphatic rings. The Kier molecular flexibility index (Phi) is 3.79. The third-order valence-corrected chi connectivity index (χ3v) is 2.44. The predicted octanol–water partition coefficient (Wildman–Crippen LogP) is 3.04. The second-order valence-electron chi connectivity index (χ2n) is 3.82. The van der Waals surface area contributed by atoms with E-state index in [2.05, 4.69) is 10.3 Å². The van der Waals surface area contributed by atoms with Gasteiger partial charge in [0.2, 0.25) is 0 Å². The van der Waals surface area contributed by atoms with Gasteiger partial charge in [-0.3, -0.25) is 0 Å². The lowest BCUT2D eigenvalue weighted by Crippen LogP contribution is -2.05.